The first-order chi connectivity index (χ1) is 15.9. The standard InChI is InChI=1S/C24H26FN7O/c1-14(2)32-13-27-30-23(32)19-5-4-6-22(28-19)29-24(33)17-10-21(15(3)9-18(17)25)31-11-20(26-12-31)16-7-8-16/h4-6,9-16,21H,7-8H2,1-3H3,(H,28,29,33). The lowest BCUT2D eigenvalue weighted by Gasteiger charge is -2.25. The van der Waals surface area contributed by atoms with Gasteiger partial charge in [-0.25, -0.2) is 14.4 Å². The Morgan fingerprint density at radius 2 is 2.03 bits per heavy atom. The van der Waals surface area contributed by atoms with Gasteiger partial charge in [-0.15, -0.1) is 10.2 Å². The highest BCUT2D eigenvalue weighted by Gasteiger charge is 2.30. The maximum Gasteiger partial charge on any atom is 0.259 e. The summed E-state index contributed by atoms with van der Waals surface area (Å²) in [4.78, 5) is 22.0. The van der Waals surface area contributed by atoms with Crippen LogP contribution in [0.15, 0.2) is 60.6 Å². The van der Waals surface area contributed by atoms with Gasteiger partial charge in [0.15, 0.2) is 5.82 Å². The highest BCUT2D eigenvalue weighted by Crippen LogP contribution is 2.40. The van der Waals surface area contributed by atoms with Crippen LogP contribution >= 0.6 is 0 Å². The molecule has 0 saturated heterocycles. The zero-order valence-corrected chi connectivity index (χ0v) is 18.8. The van der Waals surface area contributed by atoms with Gasteiger partial charge in [0, 0.05) is 24.1 Å². The zero-order chi connectivity index (χ0) is 23.1. The number of carbonyl (C=O) groups excluding carboxylic acids is 1. The first-order valence-corrected chi connectivity index (χ1v) is 11.2. The molecule has 0 aromatic carbocycles. The number of allylic oxidation sites excluding steroid dienone is 2. The Labute approximate surface area is 191 Å². The third kappa shape index (κ3) is 4.22. The monoisotopic (exact) mass is 447 g/mol. The van der Waals surface area contributed by atoms with Gasteiger partial charge in [0.1, 0.15) is 23.7 Å². The number of aromatic nitrogens is 6. The summed E-state index contributed by atoms with van der Waals surface area (Å²) in [5.41, 5.74) is 1.63. The maximum absolute atomic E-state index is 14.8. The topological polar surface area (TPSA) is 90.5 Å². The molecule has 2 unspecified atom stereocenters. The molecule has 8 nitrogen and oxygen atoms in total. The lowest BCUT2D eigenvalue weighted by Crippen LogP contribution is -2.23. The number of halogens is 1. The van der Waals surface area contributed by atoms with Crippen LogP contribution in [0.25, 0.3) is 11.5 Å². The van der Waals surface area contributed by atoms with E-state index in [1.807, 2.05) is 36.1 Å². The second kappa shape index (κ2) is 8.38. The summed E-state index contributed by atoms with van der Waals surface area (Å²) in [7, 11) is 0. The SMILES string of the molecule is CC1C=C(F)C(C(=O)Nc2cccc(-c3nncn3C(C)C)n2)=CC1n1cnc(C2CC2)c1. The van der Waals surface area contributed by atoms with E-state index in [4.69, 9.17) is 0 Å². The number of imidazole rings is 1. The second-order valence-electron chi connectivity index (χ2n) is 8.98. The van der Waals surface area contributed by atoms with Gasteiger partial charge in [-0.3, -0.25) is 4.79 Å². The van der Waals surface area contributed by atoms with Gasteiger partial charge in [-0.1, -0.05) is 13.0 Å². The van der Waals surface area contributed by atoms with E-state index in [-0.39, 0.29) is 23.6 Å². The number of nitrogens with zero attached hydrogens (tertiary/aromatic N) is 6. The lowest BCUT2D eigenvalue weighted by atomic mass is 9.92. The minimum absolute atomic E-state index is 0.00248. The molecule has 3 heterocycles. The van der Waals surface area contributed by atoms with Crippen molar-refractivity contribution >= 4 is 11.7 Å². The van der Waals surface area contributed by atoms with Crippen molar-refractivity contribution in [3.05, 3.63) is 66.3 Å². The van der Waals surface area contributed by atoms with E-state index in [1.54, 1.807) is 36.9 Å². The van der Waals surface area contributed by atoms with Gasteiger partial charge in [0.05, 0.1) is 23.6 Å². The van der Waals surface area contributed by atoms with E-state index in [0.717, 1.165) is 18.5 Å². The molecule has 170 valence electrons. The number of hydrogen-bond acceptors (Lipinski definition) is 5. The van der Waals surface area contributed by atoms with Crippen LogP contribution in [-0.2, 0) is 4.79 Å². The Morgan fingerprint density at radius 3 is 2.79 bits per heavy atom. The molecule has 0 radical (unpaired) electrons. The molecular formula is C24H26FN7O. The highest BCUT2D eigenvalue weighted by molar-refractivity contribution is 6.06. The van der Waals surface area contributed by atoms with E-state index in [0.29, 0.717) is 23.3 Å². The second-order valence-corrected chi connectivity index (χ2v) is 8.98. The molecule has 3 aromatic heterocycles. The minimum Gasteiger partial charge on any atom is -0.330 e. The molecule has 2 aliphatic carbocycles. The zero-order valence-electron chi connectivity index (χ0n) is 18.8. The van der Waals surface area contributed by atoms with Crippen molar-refractivity contribution in [2.75, 3.05) is 5.32 Å². The molecule has 0 aliphatic heterocycles. The third-order valence-electron chi connectivity index (χ3n) is 6.10. The van der Waals surface area contributed by atoms with Gasteiger partial charge < -0.3 is 14.5 Å². The number of rotatable bonds is 6. The Balaban J connectivity index is 1.38. The van der Waals surface area contributed by atoms with Gasteiger partial charge in [-0.05, 0) is 51.0 Å². The van der Waals surface area contributed by atoms with Crippen LogP contribution in [0, 0.1) is 5.92 Å². The predicted molar refractivity (Wildman–Crippen MR) is 122 cm³/mol. The molecule has 1 N–H and O–H groups in total. The van der Waals surface area contributed by atoms with Crippen molar-refractivity contribution in [1.29, 1.82) is 0 Å². The first-order valence-electron chi connectivity index (χ1n) is 11.2. The smallest absolute Gasteiger partial charge is 0.259 e. The van der Waals surface area contributed by atoms with Crippen molar-refractivity contribution in [1.82, 2.24) is 29.3 Å². The first kappa shape index (κ1) is 21.2. The number of carbonyl (C=O) groups is 1. The van der Waals surface area contributed by atoms with Crippen LogP contribution in [0.5, 0.6) is 0 Å². The summed E-state index contributed by atoms with van der Waals surface area (Å²) in [5, 5.41) is 10.8. The Bertz CT molecular complexity index is 1250. The van der Waals surface area contributed by atoms with Crippen LogP contribution in [-0.4, -0.2) is 35.2 Å². The number of amides is 1. The van der Waals surface area contributed by atoms with Crippen LogP contribution in [0.1, 0.15) is 57.3 Å². The molecule has 2 atom stereocenters. The van der Waals surface area contributed by atoms with Crippen molar-refractivity contribution in [3.8, 4) is 11.5 Å². The van der Waals surface area contributed by atoms with E-state index >= 15 is 0 Å². The summed E-state index contributed by atoms with van der Waals surface area (Å²) < 4.78 is 18.7. The van der Waals surface area contributed by atoms with Gasteiger partial charge in [0.2, 0.25) is 0 Å². The van der Waals surface area contributed by atoms with Crippen LogP contribution in [0.2, 0.25) is 0 Å². The van der Waals surface area contributed by atoms with Crippen molar-refractivity contribution in [2.45, 2.75) is 51.6 Å². The molecule has 3 aromatic rings. The van der Waals surface area contributed by atoms with Gasteiger partial charge in [0.25, 0.3) is 5.91 Å². The molecule has 1 amide bonds. The Hall–Kier alpha value is -3.62. The van der Waals surface area contributed by atoms with E-state index < -0.39 is 11.7 Å². The molecule has 9 heteroatoms. The van der Waals surface area contributed by atoms with Crippen molar-refractivity contribution in [3.63, 3.8) is 0 Å². The lowest BCUT2D eigenvalue weighted by molar-refractivity contribution is -0.112. The fourth-order valence-corrected chi connectivity index (χ4v) is 4.09. The van der Waals surface area contributed by atoms with Gasteiger partial charge in [-0.2, -0.15) is 0 Å². The van der Waals surface area contributed by atoms with Crippen LogP contribution in [0.3, 0.4) is 0 Å². The average molecular weight is 448 g/mol. The molecule has 33 heavy (non-hydrogen) atoms. The minimum atomic E-state index is -0.543. The average Bonchev–Trinajstić information content (AvgIpc) is 3.31. The Morgan fingerprint density at radius 1 is 1.21 bits per heavy atom. The summed E-state index contributed by atoms with van der Waals surface area (Å²) in [6.07, 6.45) is 10.9. The molecule has 0 bridgehead atoms. The van der Waals surface area contributed by atoms with Gasteiger partial charge >= 0.3 is 0 Å². The number of nitrogens with one attached hydrogen (secondary N) is 1. The quantitative estimate of drug-likeness (QED) is 0.596. The van der Waals surface area contributed by atoms with E-state index in [2.05, 4.69) is 25.5 Å². The molecule has 1 saturated carbocycles. The van der Waals surface area contributed by atoms with E-state index in [9.17, 15) is 9.18 Å². The summed E-state index contributed by atoms with van der Waals surface area (Å²) >= 11 is 0. The maximum atomic E-state index is 14.8. The summed E-state index contributed by atoms with van der Waals surface area (Å²) in [6.45, 7) is 5.98. The summed E-state index contributed by atoms with van der Waals surface area (Å²) in [5.74, 6) is 0.270. The highest BCUT2D eigenvalue weighted by atomic mass is 19.1. The van der Waals surface area contributed by atoms with Crippen LogP contribution in [0.4, 0.5) is 10.2 Å². The Kier molecular flexibility index (Phi) is 5.39. The molecule has 5 rings (SSSR count). The van der Waals surface area contributed by atoms with Crippen molar-refractivity contribution < 1.29 is 9.18 Å². The van der Waals surface area contributed by atoms with Crippen molar-refractivity contribution in [2.24, 2.45) is 5.92 Å². The predicted octanol–water partition coefficient (Wildman–Crippen LogP) is 4.60. The van der Waals surface area contributed by atoms with Crippen LogP contribution < -0.4 is 5.32 Å². The number of anilines is 1. The molecule has 2 aliphatic rings. The summed E-state index contributed by atoms with van der Waals surface area (Å²) in [6, 6.07) is 5.21. The normalized spacial score (nSPS) is 20.5. The van der Waals surface area contributed by atoms with E-state index in [1.165, 1.54) is 6.08 Å². The largest absolute Gasteiger partial charge is 0.330 e. The fourth-order valence-electron chi connectivity index (χ4n) is 4.09. The number of pyridine rings is 1. The molecular weight excluding hydrogens is 421 g/mol. The molecule has 1 fully saturated rings. The third-order valence-corrected chi connectivity index (χ3v) is 6.10. The fraction of sp³-hybridized carbons (Fsp3) is 0.375. The number of hydrogen-bond donors (Lipinski definition) is 1. The molecule has 0 spiro atoms.